The molecule has 1 heterocycles. The van der Waals surface area contributed by atoms with Crippen LogP contribution in [-0.4, -0.2) is 13.1 Å². The Balaban J connectivity index is 2.01. The predicted molar refractivity (Wildman–Crippen MR) is 49.1 cm³/mol. The van der Waals surface area contributed by atoms with Crippen LogP contribution in [0, 0.1) is 11.7 Å². The number of benzene rings is 1. The summed E-state index contributed by atoms with van der Waals surface area (Å²) in [6.07, 6.45) is 1.24. The molecule has 13 heavy (non-hydrogen) atoms. The van der Waals surface area contributed by atoms with E-state index in [9.17, 15) is 4.39 Å². The van der Waals surface area contributed by atoms with Crippen molar-refractivity contribution in [1.82, 2.24) is 5.32 Å². The minimum atomic E-state index is -0.107. The zero-order valence-electron chi connectivity index (χ0n) is 7.39. The van der Waals surface area contributed by atoms with Crippen molar-refractivity contribution in [1.29, 1.82) is 0 Å². The molecule has 0 amide bonds. The molecule has 0 aromatic heterocycles. The van der Waals surface area contributed by atoms with Crippen LogP contribution in [0.1, 0.15) is 12.0 Å². The fourth-order valence-electron chi connectivity index (χ4n) is 2.59. The van der Waals surface area contributed by atoms with Crippen LogP contribution in [0.25, 0.3) is 0 Å². The molecule has 0 bridgehead atoms. The van der Waals surface area contributed by atoms with E-state index in [0.29, 0.717) is 5.41 Å². The van der Waals surface area contributed by atoms with Gasteiger partial charge in [-0.2, -0.15) is 0 Å². The molecule has 1 nitrogen and oxygen atoms in total. The summed E-state index contributed by atoms with van der Waals surface area (Å²) in [7, 11) is 0. The number of rotatable bonds is 1. The zero-order valence-corrected chi connectivity index (χ0v) is 7.39. The number of nitrogens with one attached hydrogen (secondary N) is 1. The van der Waals surface area contributed by atoms with E-state index in [-0.39, 0.29) is 5.82 Å². The van der Waals surface area contributed by atoms with Gasteiger partial charge in [0.15, 0.2) is 0 Å². The highest BCUT2D eigenvalue weighted by Crippen LogP contribution is 2.56. The van der Waals surface area contributed by atoms with Crippen LogP contribution in [0.2, 0.25) is 0 Å². The summed E-state index contributed by atoms with van der Waals surface area (Å²) in [4.78, 5) is 0. The molecule has 2 aliphatic rings. The van der Waals surface area contributed by atoms with Crippen molar-refractivity contribution in [2.24, 2.45) is 5.92 Å². The van der Waals surface area contributed by atoms with Gasteiger partial charge in [-0.05, 0) is 36.6 Å². The number of hydrogen-bond donors (Lipinski definition) is 1. The highest BCUT2D eigenvalue weighted by molar-refractivity contribution is 5.36. The fraction of sp³-hybridized carbons (Fsp3) is 0.455. The van der Waals surface area contributed by atoms with E-state index < -0.39 is 0 Å². The summed E-state index contributed by atoms with van der Waals surface area (Å²) in [5.74, 6) is 0.652. The maximum atomic E-state index is 13.0. The van der Waals surface area contributed by atoms with Gasteiger partial charge >= 0.3 is 0 Å². The van der Waals surface area contributed by atoms with Crippen molar-refractivity contribution in [3.63, 3.8) is 0 Å². The quantitative estimate of drug-likeness (QED) is 0.688. The molecule has 1 saturated carbocycles. The average Bonchev–Trinajstić information content (AvgIpc) is 2.70. The lowest BCUT2D eigenvalue weighted by Crippen LogP contribution is -2.19. The number of hydrogen-bond acceptors (Lipinski definition) is 1. The first-order valence-electron chi connectivity index (χ1n) is 4.78. The monoisotopic (exact) mass is 177 g/mol. The van der Waals surface area contributed by atoms with Crippen LogP contribution in [-0.2, 0) is 5.41 Å². The Labute approximate surface area is 77.0 Å². The summed E-state index contributed by atoms with van der Waals surface area (Å²) in [5.41, 5.74) is 1.48. The highest BCUT2D eigenvalue weighted by Gasteiger charge is 2.57. The molecule has 1 aromatic rings. The second kappa shape index (κ2) is 2.32. The van der Waals surface area contributed by atoms with Crippen LogP contribution >= 0.6 is 0 Å². The molecule has 2 fully saturated rings. The third-order valence-electron chi connectivity index (χ3n) is 3.46. The van der Waals surface area contributed by atoms with Crippen LogP contribution < -0.4 is 5.32 Å². The molecule has 3 rings (SSSR count). The Morgan fingerprint density at radius 2 is 2.38 bits per heavy atom. The summed E-state index contributed by atoms with van der Waals surface area (Å²) in [5, 5.41) is 3.36. The normalized spacial score (nSPS) is 35.9. The van der Waals surface area contributed by atoms with Gasteiger partial charge in [0.05, 0.1) is 0 Å². The second-order valence-electron chi connectivity index (χ2n) is 4.20. The van der Waals surface area contributed by atoms with Crippen molar-refractivity contribution in [2.45, 2.75) is 11.8 Å². The van der Waals surface area contributed by atoms with Crippen LogP contribution in [0.4, 0.5) is 4.39 Å². The van der Waals surface area contributed by atoms with Crippen LogP contribution in [0.3, 0.4) is 0 Å². The fourth-order valence-corrected chi connectivity index (χ4v) is 2.59. The van der Waals surface area contributed by atoms with Gasteiger partial charge in [-0.25, -0.2) is 4.39 Å². The van der Waals surface area contributed by atoms with Crippen molar-refractivity contribution in [3.05, 3.63) is 35.6 Å². The van der Waals surface area contributed by atoms with Gasteiger partial charge in [-0.15, -0.1) is 0 Å². The van der Waals surface area contributed by atoms with E-state index in [1.165, 1.54) is 18.1 Å². The van der Waals surface area contributed by atoms with Gasteiger partial charge in [0.1, 0.15) is 5.82 Å². The van der Waals surface area contributed by atoms with Gasteiger partial charge in [0.25, 0.3) is 0 Å². The molecule has 2 heteroatoms. The molecule has 68 valence electrons. The van der Waals surface area contributed by atoms with E-state index in [2.05, 4.69) is 11.4 Å². The minimum absolute atomic E-state index is 0.107. The molecule has 1 saturated heterocycles. The van der Waals surface area contributed by atoms with Crippen molar-refractivity contribution < 1.29 is 4.39 Å². The smallest absolute Gasteiger partial charge is 0.123 e. The van der Waals surface area contributed by atoms with Crippen molar-refractivity contribution in [3.8, 4) is 0 Å². The Morgan fingerprint density at radius 3 is 3.00 bits per heavy atom. The molecule has 2 unspecified atom stereocenters. The molecule has 0 spiro atoms. The highest BCUT2D eigenvalue weighted by atomic mass is 19.1. The summed E-state index contributed by atoms with van der Waals surface area (Å²) >= 11 is 0. The summed E-state index contributed by atoms with van der Waals surface area (Å²) in [6.45, 7) is 2.14. The molecule has 1 N–H and O–H groups in total. The van der Waals surface area contributed by atoms with E-state index >= 15 is 0 Å². The summed E-state index contributed by atoms with van der Waals surface area (Å²) in [6, 6.07) is 7.07. The zero-order chi connectivity index (χ0) is 8.89. The van der Waals surface area contributed by atoms with Gasteiger partial charge in [-0.3, -0.25) is 0 Å². The lowest BCUT2D eigenvalue weighted by atomic mass is 9.95. The molecular formula is C11H12FN. The van der Waals surface area contributed by atoms with Crippen LogP contribution in [0.5, 0.6) is 0 Å². The third-order valence-corrected chi connectivity index (χ3v) is 3.46. The number of piperidine rings is 1. The molecule has 0 radical (unpaired) electrons. The molecule has 1 aliphatic carbocycles. The van der Waals surface area contributed by atoms with Crippen LogP contribution in [0.15, 0.2) is 24.3 Å². The first-order valence-corrected chi connectivity index (χ1v) is 4.78. The van der Waals surface area contributed by atoms with Gasteiger partial charge in [0, 0.05) is 12.0 Å². The maximum absolute atomic E-state index is 13.0. The molecular weight excluding hydrogens is 165 g/mol. The van der Waals surface area contributed by atoms with E-state index in [1.807, 2.05) is 6.07 Å². The molecule has 2 atom stereocenters. The number of fused-ring (bicyclic) bond motifs is 1. The minimum Gasteiger partial charge on any atom is -0.316 e. The Morgan fingerprint density at radius 1 is 1.46 bits per heavy atom. The van der Waals surface area contributed by atoms with Gasteiger partial charge in [0.2, 0.25) is 0 Å². The molecule has 1 aromatic carbocycles. The summed E-state index contributed by atoms with van der Waals surface area (Å²) < 4.78 is 13.0. The maximum Gasteiger partial charge on any atom is 0.123 e. The average molecular weight is 177 g/mol. The Hall–Kier alpha value is -0.890. The first-order chi connectivity index (χ1) is 6.31. The van der Waals surface area contributed by atoms with Gasteiger partial charge in [-0.1, -0.05) is 12.1 Å². The second-order valence-corrected chi connectivity index (χ2v) is 4.20. The predicted octanol–water partition coefficient (Wildman–Crippen LogP) is 1.69. The van der Waals surface area contributed by atoms with Gasteiger partial charge < -0.3 is 5.32 Å². The standard InChI is InChI=1S/C11H12FN/c12-10-3-1-2-8(4-10)11-5-9(11)6-13-7-11/h1-4,9,13H,5-7H2. The Kier molecular flexibility index (Phi) is 1.34. The SMILES string of the molecule is Fc1cccc(C23CNCC2C3)c1. The van der Waals surface area contributed by atoms with E-state index in [4.69, 9.17) is 0 Å². The number of halogens is 1. The third kappa shape index (κ3) is 0.953. The van der Waals surface area contributed by atoms with E-state index in [0.717, 1.165) is 19.0 Å². The lowest BCUT2D eigenvalue weighted by molar-refractivity contribution is 0.614. The largest absolute Gasteiger partial charge is 0.316 e. The topological polar surface area (TPSA) is 12.0 Å². The molecule has 1 aliphatic heterocycles. The van der Waals surface area contributed by atoms with Crippen molar-refractivity contribution >= 4 is 0 Å². The Bertz CT molecular complexity index is 350. The van der Waals surface area contributed by atoms with E-state index in [1.54, 1.807) is 6.07 Å². The first kappa shape index (κ1) is 7.51. The van der Waals surface area contributed by atoms with Crippen molar-refractivity contribution in [2.75, 3.05) is 13.1 Å². The lowest BCUT2D eigenvalue weighted by Gasteiger charge is -2.11.